The van der Waals surface area contributed by atoms with Crippen LogP contribution in [-0.2, 0) is 11.3 Å². The predicted octanol–water partition coefficient (Wildman–Crippen LogP) is 5.29. The van der Waals surface area contributed by atoms with Crippen molar-refractivity contribution >= 4 is 23.3 Å². The summed E-state index contributed by atoms with van der Waals surface area (Å²) in [6.07, 6.45) is 5.59. The van der Waals surface area contributed by atoms with Crippen LogP contribution in [0.5, 0.6) is 0 Å². The summed E-state index contributed by atoms with van der Waals surface area (Å²) in [5.41, 5.74) is 2.13. The molecule has 4 bridgehead atoms. The molecule has 1 aromatic carbocycles. The van der Waals surface area contributed by atoms with Crippen LogP contribution in [0.15, 0.2) is 18.2 Å². The average Bonchev–Trinajstić information content (AvgIpc) is 3.06. The molecule has 198 valence electrons. The largest absolute Gasteiger partial charge is 0.346 e. The van der Waals surface area contributed by atoms with Gasteiger partial charge in [0.25, 0.3) is 17.6 Å². The van der Waals surface area contributed by atoms with Crippen molar-refractivity contribution in [1.29, 1.82) is 0 Å². The molecule has 2 unspecified atom stereocenters. The van der Waals surface area contributed by atoms with Gasteiger partial charge in [-0.1, -0.05) is 6.92 Å². The van der Waals surface area contributed by atoms with E-state index in [1.807, 2.05) is 0 Å². The summed E-state index contributed by atoms with van der Waals surface area (Å²) in [5.74, 6) is -0.837. The second kappa shape index (κ2) is 9.37. The first-order valence-corrected chi connectivity index (χ1v) is 13.2. The molecule has 1 heterocycles. The summed E-state index contributed by atoms with van der Waals surface area (Å²) in [4.78, 5) is 40.0. The van der Waals surface area contributed by atoms with Crippen LogP contribution < -0.4 is 10.6 Å². The smallest absolute Gasteiger partial charge is 0.294 e. The van der Waals surface area contributed by atoms with E-state index in [1.54, 1.807) is 20.8 Å². The van der Waals surface area contributed by atoms with Gasteiger partial charge in [-0.05, 0) is 105 Å². The summed E-state index contributed by atoms with van der Waals surface area (Å²) in [5, 5.41) is 5.79. The normalized spacial score (nSPS) is 27.8. The van der Waals surface area contributed by atoms with Crippen molar-refractivity contribution in [3.8, 4) is 0 Å². The summed E-state index contributed by atoms with van der Waals surface area (Å²) < 4.78 is 28.6. The van der Waals surface area contributed by atoms with E-state index < -0.39 is 24.3 Å². The van der Waals surface area contributed by atoms with Gasteiger partial charge in [-0.3, -0.25) is 14.4 Å². The number of alkyl halides is 1. The number of hydrogen-bond acceptors (Lipinski definition) is 3. The molecule has 2 N–H and O–H groups in total. The summed E-state index contributed by atoms with van der Waals surface area (Å²) in [7, 11) is 0. The fraction of sp³-hybridized carbons (Fsp3) is 0.552. The second-order valence-electron chi connectivity index (χ2n) is 11.8. The quantitative estimate of drug-likeness (QED) is 0.392. The van der Waals surface area contributed by atoms with E-state index in [0.717, 1.165) is 25.7 Å². The SMILES string of the molecule is Cc1cc(NC(=O)c2c(C)c(C(=O)C(=O)NC3C4CC5CC3CC(C)(C5)C4)n(CCF)c2C)ccc1F. The van der Waals surface area contributed by atoms with Gasteiger partial charge in [0.15, 0.2) is 0 Å². The molecule has 2 amide bonds. The van der Waals surface area contributed by atoms with E-state index in [9.17, 15) is 23.2 Å². The van der Waals surface area contributed by atoms with E-state index in [-0.39, 0.29) is 29.7 Å². The number of hydrogen-bond donors (Lipinski definition) is 2. The Labute approximate surface area is 216 Å². The average molecular weight is 512 g/mol. The van der Waals surface area contributed by atoms with Gasteiger partial charge < -0.3 is 15.2 Å². The number of anilines is 1. The van der Waals surface area contributed by atoms with Crippen LogP contribution >= 0.6 is 0 Å². The predicted molar refractivity (Wildman–Crippen MR) is 137 cm³/mol. The Bertz CT molecular complexity index is 1270. The molecule has 4 saturated carbocycles. The van der Waals surface area contributed by atoms with Crippen molar-refractivity contribution in [2.24, 2.45) is 23.2 Å². The van der Waals surface area contributed by atoms with Gasteiger partial charge in [-0.25, -0.2) is 8.78 Å². The standard InChI is InChI=1S/C29H35F2N3O3/c1-15-9-21(5-6-22(15)31)32-27(36)23-16(2)25(34(8-7-30)17(23)3)26(35)28(37)33-24-19-10-18-11-20(24)14-29(4,12-18)13-19/h5-6,9,18-20,24H,7-8,10-14H2,1-4H3,(H,32,36)(H,33,37). The molecule has 4 fully saturated rings. The highest BCUT2D eigenvalue weighted by molar-refractivity contribution is 6.43. The molecular weight excluding hydrogens is 476 g/mol. The van der Waals surface area contributed by atoms with Gasteiger partial charge in [-0.2, -0.15) is 0 Å². The maximum Gasteiger partial charge on any atom is 0.294 e. The number of aromatic nitrogens is 1. The van der Waals surface area contributed by atoms with Gasteiger partial charge in [0.2, 0.25) is 0 Å². The Hall–Kier alpha value is -3.03. The number of rotatable bonds is 7. The van der Waals surface area contributed by atoms with Gasteiger partial charge in [0.05, 0.1) is 17.8 Å². The first kappa shape index (κ1) is 25.6. The molecule has 0 saturated heterocycles. The maximum absolute atomic E-state index is 13.6. The van der Waals surface area contributed by atoms with Crippen LogP contribution in [0.4, 0.5) is 14.5 Å². The highest BCUT2D eigenvalue weighted by Crippen LogP contribution is 2.59. The molecule has 1 aromatic heterocycles. The minimum atomic E-state index is -0.748. The zero-order valence-corrected chi connectivity index (χ0v) is 21.9. The van der Waals surface area contributed by atoms with Crippen molar-refractivity contribution < 1.29 is 23.2 Å². The van der Waals surface area contributed by atoms with E-state index in [4.69, 9.17) is 0 Å². The molecular formula is C29H35F2N3O3. The molecule has 2 aromatic rings. The number of aryl methyl sites for hydroxylation is 1. The lowest BCUT2D eigenvalue weighted by atomic mass is 9.48. The summed E-state index contributed by atoms with van der Waals surface area (Å²) >= 11 is 0. The number of carbonyl (C=O) groups is 3. The molecule has 6 rings (SSSR count). The van der Waals surface area contributed by atoms with Crippen molar-refractivity contribution in [2.75, 3.05) is 12.0 Å². The van der Waals surface area contributed by atoms with Crippen LogP contribution in [-0.4, -0.2) is 34.9 Å². The number of benzene rings is 1. The summed E-state index contributed by atoms with van der Waals surface area (Å²) in [6.45, 7) is 6.30. The molecule has 0 aliphatic heterocycles. The Kier molecular flexibility index (Phi) is 6.49. The third kappa shape index (κ3) is 4.48. The highest BCUT2D eigenvalue weighted by atomic mass is 19.1. The van der Waals surface area contributed by atoms with Crippen molar-refractivity contribution in [2.45, 2.75) is 72.4 Å². The van der Waals surface area contributed by atoms with Crippen molar-refractivity contribution in [3.63, 3.8) is 0 Å². The minimum absolute atomic E-state index is 0.0171. The van der Waals surface area contributed by atoms with Crippen LogP contribution in [0.2, 0.25) is 0 Å². The monoisotopic (exact) mass is 511 g/mol. The molecule has 37 heavy (non-hydrogen) atoms. The molecule has 0 spiro atoms. The first-order valence-electron chi connectivity index (χ1n) is 13.2. The lowest BCUT2D eigenvalue weighted by molar-refractivity contribution is -0.123. The van der Waals surface area contributed by atoms with Crippen LogP contribution in [0.25, 0.3) is 0 Å². The topological polar surface area (TPSA) is 80.2 Å². The Balaban J connectivity index is 1.39. The number of ketones is 1. The number of halogens is 2. The van der Waals surface area contributed by atoms with E-state index in [2.05, 4.69) is 17.6 Å². The van der Waals surface area contributed by atoms with E-state index >= 15 is 0 Å². The van der Waals surface area contributed by atoms with Gasteiger partial charge in [0.1, 0.15) is 12.5 Å². The number of nitrogens with zero attached hydrogens (tertiary/aromatic N) is 1. The minimum Gasteiger partial charge on any atom is -0.346 e. The first-order chi connectivity index (χ1) is 17.5. The van der Waals surface area contributed by atoms with Gasteiger partial charge >= 0.3 is 0 Å². The van der Waals surface area contributed by atoms with E-state index in [0.29, 0.717) is 45.7 Å². The second-order valence-corrected chi connectivity index (χ2v) is 11.8. The number of Topliss-reactive ketones (excluding diaryl/α,β-unsaturated/α-hetero) is 1. The maximum atomic E-state index is 13.6. The molecule has 6 nitrogen and oxygen atoms in total. The third-order valence-corrected chi connectivity index (χ3v) is 9.02. The molecule has 2 atom stereocenters. The fourth-order valence-electron chi connectivity index (χ4n) is 7.79. The highest BCUT2D eigenvalue weighted by Gasteiger charge is 2.53. The zero-order valence-electron chi connectivity index (χ0n) is 21.9. The molecule has 0 radical (unpaired) electrons. The van der Waals surface area contributed by atoms with Gasteiger partial charge in [-0.15, -0.1) is 0 Å². The third-order valence-electron chi connectivity index (χ3n) is 9.02. The van der Waals surface area contributed by atoms with Gasteiger partial charge in [0, 0.05) is 17.4 Å². The zero-order chi connectivity index (χ0) is 26.6. The molecule has 4 aliphatic carbocycles. The number of amides is 2. The van der Waals surface area contributed by atoms with Crippen LogP contribution in [0, 0.1) is 49.8 Å². The number of nitrogens with one attached hydrogen (secondary N) is 2. The summed E-state index contributed by atoms with van der Waals surface area (Å²) in [6, 6.07) is 4.22. The molecule has 4 aliphatic rings. The van der Waals surface area contributed by atoms with E-state index in [1.165, 1.54) is 29.2 Å². The Morgan fingerprint density at radius 1 is 1.08 bits per heavy atom. The Morgan fingerprint density at radius 2 is 1.76 bits per heavy atom. The lowest BCUT2D eigenvalue weighted by Gasteiger charge is -2.59. The number of carbonyl (C=O) groups excluding carboxylic acids is 3. The van der Waals surface area contributed by atoms with Crippen LogP contribution in [0.1, 0.15) is 76.7 Å². The van der Waals surface area contributed by atoms with Crippen LogP contribution in [0.3, 0.4) is 0 Å². The Morgan fingerprint density at radius 3 is 2.35 bits per heavy atom. The fourth-order valence-corrected chi connectivity index (χ4v) is 7.79. The molecule has 8 heteroatoms. The van der Waals surface area contributed by atoms with Crippen molar-refractivity contribution in [3.05, 3.63) is 52.1 Å². The van der Waals surface area contributed by atoms with Crippen molar-refractivity contribution in [1.82, 2.24) is 9.88 Å². The lowest BCUT2D eigenvalue weighted by Crippen LogP contribution is -2.59.